The number of thioether (sulfide) groups is 1. The lowest BCUT2D eigenvalue weighted by atomic mass is 10.1. The van der Waals surface area contributed by atoms with E-state index >= 15 is 0 Å². The van der Waals surface area contributed by atoms with Crippen molar-refractivity contribution in [3.05, 3.63) is 53.6 Å². The number of aromatic nitrogens is 1. The second-order valence-electron chi connectivity index (χ2n) is 6.27. The maximum atomic E-state index is 12.8. The zero-order chi connectivity index (χ0) is 21.3. The number of carbonyl (C=O) groups is 1. The number of pyridine rings is 1. The van der Waals surface area contributed by atoms with Gasteiger partial charge in [0.2, 0.25) is 12.7 Å². The zero-order valence-corrected chi connectivity index (χ0v) is 15.9. The van der Waals surface area contributed by atoms with Crippen molar-refractivity contribution in [3.63, 3.8) is 0 Å². The molecule has 0 radical (unpaired) electrons. The van der Waals surface area contributed by atoms with Gasteiger partial charge in [0.15, 0.2) is 11.5 Å². The Hall–Kier alpha value is -3.45. The molecule has 0 saturated carbocycles. The van der Waals surface area contributed by atoms with Gasteiger partial charge >= 0.3 is 6.18 Å². The molecule has 0 atom stereocenters. The number of hydrogen-bond acceptors (Lipinski definition) is 6. The molecule has 2 aromatic carbocycles. The first-order chi connectivity index (χ1) is 14.3. The molecule has 0 aliphatic carbocycles. The van der Waals surface area contributed by atoms with Crippen molar-refractivity contribution in [2.45, 2.75) is 11.2 Å². The number of halogens is 3. The molecule has 6 nitrogen and oxygen atoms in total. The van der Waals surface area contributed by atoms with Crippen LogP contribution < -0.4 is 14.8 Å². The van der Waals surface area contributed by atoms with Gasteiger partial charge in [-0.1, -0.05) is 17.8 Å². The number of carbonyl (C=O) groups excluding carboxylic acids is 1. The molecule has 10 heteroatoms. The minimum Gasteiger partial charge on any atom is -0.454 e. The van der Waals surface area contributed by atoms with Gasteiger partial charge in [-0.05, 0) is 30.3 Å². The van der Waals surface area contributed by atoms with Crippen LogP contribution in [0.3, 0.4) is 0 Å². The molecule has 1 aliphatic rings. The Morgan fingerprint density at radius 2 is 1.97 bits per heavy atom. The van der Waals surface area contributed by atoms with Crippen LogP contribution in [0.15, 0.2) is 47.5 Å². The molecular weight excluding hydrogens is 419 g/mol. The fourth-order valence-electron chi connectivity index (χ4n) is 2.84. The minimum atomic E-state index is -4.50. The molecule has 3 aromatic rings. The molecule has 0 spiro atoms. The standard InChI is InChI=1S/C20H12F3N3O3S/c21-20(22,23)13-2-1-3-14(6-13)25-18(27)9-30-19-12(8-24)4-11-5-16-17(29-10-28-16)7-15(11)26-19/h1-7H,9-10H2,(H,25,27). The Morgan fingerprint density at radius 3 is 2.70 bits per heavy atom. The third-order valence-electron chi connectivity index (χ3n) is 4.21. The fraction of sp³-hybridized carbons (Fsp3) is 0.150. The van der Waals surface area contributed by atoms with Crippen molar-refractivity contribution in [1.29, 1.82) is 5.26 Å². The first-order valence-electron chi connectivity index (χ1n) is 8.58. The number of amides is 1. The van der Waals surface area contributed by atoms with Crippen LogP contribution in [0.5, 0.6) is 11.5 Å². The quantitative estimate of drug-likeness (QED) is 0.609. The molecule has 152 valence electrons. The SMILES string of the molecule is N#Cc1cc2cc3c(cc2nc1SCC(=O)Nc1cccc(C(F)(F)F)c1)OCO3. The molecule has 4 rings (SSSR count). The highest BCUT2D eigenvalue weighted by molar-refractivity contribution is 8.00. The maximum Gasteiger partial charge on any atom is 0.416 e. The normalized spacial score (nSPS) is 12.6. The summed E-state index contributed by atoms with van der Waals surface area (Å²) in [5, 5.41) is 12.9. The number of ether oxygens (including phenoxy) is 2. The number of benzene rings is 2. The number of nitrogens with zero attached hydrogens (tertiary/aromatic N) is 2. The summed E-state index contributed by atoms with van der Waals surface area (Å²) in [5.74, 6) is 0.455. The summed E-state index contributed by atoms with van der Waals surface area (Å²) in [6.07, 6.45) is -4.50. The van der Waals surface area contributed by atoms with E-state index in [4.69, 9.17) is 9.47 Å². The minimum absolute atomic E-state index is 0.0371. The number of anilines is 1. The predicted molar refractivity (Wildman–Crippen MR) is 103 cm³/mol. The molecule has 1 amide bonds. The first-order valence-corrected chi connectivity index (χ1v) is 9.56. The van der Waals surface area contributed by atoms with E-state index in [1.807, 2.05) is 6.07 Å². The second kappa shape index (κ2) is 7.76. The molecule has 30 heavy (non-hydrogen) atoms. The summed E-state index contributed by atoms with van der Waals surface area (Å²) in [5.41, 5.74) is 0.0297. The summed E-state index contributed by atoms with van der Waals surface area (Å²) >= 11 is 1.02. The van der Waals surface area contributed by atoms with E-state index in [0.29, 0.717) is 27.4 Å². The Bertz CT molecular complexity index is 1190. The Balaban J connectivity index is 1.50. The Morgan fingerprint density at radius 1 is 1.20 bits per heavy atom. The molecule has 1 aliphatic heterocycles. The monoisotopic (exact) mass is 431 g/mol. The lowest BCUT2D eigenvalue weighted by Gasteiger charge is -2.10. The molecule has 1 aromatic heterocycles. The highest BCUT2D eigenvalue weighted by atomic mass is 32.2. The molecular formula is C20H12F3N3O3S. The molecule has 2 heterocycles. The van der Waals surface area contributed by atoms with Crippen molar-refractivity contribution in [3.8, 4) is 17.6 Å². The second-order valence-corrected chi connectivity index (χ2v) is 7.23. The predicted octanol–water partition coefficient (Wildman–Crippen LogP) is 4.58. The lowest BCUT2D eigenvalue weighted by Crippen LogP contribution is -2.15. The van der Waals surface area contributed by atoms with Gasteiger partial charge in [0.05, 0.1) is 22.4 Å². The number of rotatable bonds is 4. The number of nitrogens with one attached hydrogen (secondary N) is 1. The topological polar surface area (TPSA) is 84.2 Å². The van der Waals surface area contributed by atoms with Crippen molar-refractivity contribution in [1.82, 2.24) is 4.98 Å². The van der Waals surface area contributed by atoms with Crippen LogP contribution in [0.2, 0.25) is 0 Å². The van der Waals surface area contributed by atoms with Gasteiger partial charge < -0.3 is 14.8 Å². The van der Waals surface area contributed by atoms with E-state index in [-0.39, 0.29) is 23.8 Å². The molecule has 0 unspecified atom stereocenters. The molecule has 0 bridgehead atoms. The van der Waals surface area contributed by atoms with Crippen molar-refractivity contribution >= 4 is 34.3 Å². The van der Waals surface area contributed by atoms with E-state index in [1.165, 1.54) is 12.1 Å². The summed E-state index contributed by atoms with van der Waals surface area (Å²) in [7, 11) is 0. The van der Waals surface area contributed by atoms with Crippen LogP contribution in [0.4, 0.5) is 18.9 Å². The number of fused-ring (bicyclic) bond motifs is 2. The van der Waals surface area contributed by atoms with Crippen molar-refractivity contribution < 1.29 is 27.4 Å². The largest absolute Gasteiger partial charge is 0.454 e. The van der Waals surface area contributed by atoms with Gasteiger partial charge in [0.1, 0.15) is 11.1 Å². The summed E-state index contributed by atoms with van der Waals surface area (Å²) in [6.45, 7) is 0.105. The average Bonchev–Trinajstić information content (AvgIpc) is 3.16. The van der Waals surface area contributed by atoms with Crippen LogP contribution in [-0.4, -0.2) is 23.4 Å². The van der Waals surface area contributed by atoms with E-state index < -0.39 is 17.6 Å². The first kappa shape index (κ1) is 19.8. The number of hydrogen-bond donors (Lipinski definition) is 1. The molecule has 0 fully saturated rings. The van der Waals surface area contributed by atoms with Gasteiger partial charge in [-0.3, -0.25) is 4.79 Å². The van der Waals surface area contributed by atoms with Crippen LogP contribution in [-0.2, 0) is 11.0 Å². The fourth-order valence-corrected chi connectivity index (χ4v) is 3.60. The third kappa shape index (κ3) is 4.11. The Kier molecular flexibility index (Phi) is 5.13. The van der Waals surface area contributed by atoms with Crippen molar-refractivity contribution in [2.24, 2.45) is 0 Å². The third-order valence-corrected chi connectivity index (χ3v) is 5.20. The van der Waals surface area contributed by atoms with Gasteiger partial charge in [0, 0.05) is 17.1 Å². The average molecular weight is 431 g/mol. The molecule has 0 saturated heterocycles. The molecule has 1 N–H and O–H groups in total. The highest BCUT2D eigenvalue weighted by Crippen LogP contribution is 2.37. The lowest BCUT2D eigenvalue weighted by molar-refractivity contribution is -0.137. The Labute approximate surface area is 172 Å². The summed E-state index contributed by atoms with van der Waals surface area (Å²) in [4.78, 5) is 16.6. The van der Waals surface area contributed by atoms with Crippen LogP contribution in [0, 0.1) is 11.3 Å². The van der Waals surface area contributed by atoms with E-state index in [2.05, 4.69) is 10.3 Å². The summed E-state index contributed by atoms with van der Waals surface area (Å²) < 4.78 is 49.0. The van der Waals surface area contributed by atoms with Crippen molar-refractivity contribution in [2.75, 3.05) is 17.9 Å². The zero-order valence-electron chi connectivity index (χ0n) is 15.1. The van der Waals surface area contributed by atoms with Gasteiger partial charge in [0.25, 0.3) is 0 Å². The van der Waals surface area contributed by atoms with Crippen LogP contribution in [0.1, 0.15) is 11.1 Å². The number of nitriles is 1. The highest BCUT2D eigenvalue weighted by Gasteiger charge is 2.30. The van der Waals surface area contributed by atoms with Gasteiger partial charge in [-0.15, -0.1) is 0 Å². The van der Waals surface area contributed by atoms with Crippen LogP contribution in [0.25, 0.3) is 10.9 Å². The van der Waals surface area contributed by atoms with Crippen LogP contribution >= 0.6 is 11.8 Å². The van der Waals surface area contributed by atoms with E-state index in [9.17, 15) is 23.2 Å². The maximum absolute atomic E-state index is 12.8. The summed E-state index contributed by atoms with van der Waals surface area (Å²) in [6, 6.07) is 11.5. The smallest absolute Gasteiger partial charge is 0.416 e. The number of alkyl halides is 3. The van der Waals surface area contributed by atoms with E-state index in [0.717, 1.165) is 23.9 Å². The van der Waals surface area contributed by atoms with Gasteiger partial charge in [-0.25, -0.2) is 4.98 Å². The van der Waals surface area contributed by atoms with Gasteiger partial charge in [-0.2, -0.15) is 18.4 Å². The van der Waals surface area contributed by atoms with E-state index in [1.54, 1.807) is 18.2 Å².